The van der Waals surface area contributed by atoms with Gasteiger partial charge in [0.05, 0.1) is 28.8 Å². The monoisotopic (exact) mass is 458 g/mol. The average Bonchev–Trinajstić information content (AvgIpc) is 3.29. The molecule has 158 valence electrons. The number of aliphatic imine (C=N–C) groups is 1. The number of fused-ring (bicyclic) bond motifs is 1. The Morgan fingerprint density at radius 3 is 2.47 bits per heavy atom. The summed E-state index contributed by atoms with van der Waals surface area (Å²) >= 11 is 11.6. The number of rotatable bonds is 2. The lowest BCUT2D eigenvalue weighted by molar-refractivity contribution is -0.184. The van der Waals surface area contributed by atoms with E-state index >= 15 is 0 Å². The zero-order chi connectivity index (χ0) is 21.8. The molecule has 2 aliphatic heterocycles. The van der Waals surface area contributed by atoms with E-state index in [9.17, 15) is 17.6 Å². The van der Waals surface area contributed by atoms with Crippen molar-refractivity contribution < 1.29 is 17.6 Å². The number of amidine groups is 1. The number of hydrogen-bond acceptors (Lipinski definition) is 4. The van der Waals surface area contributed by atoms with Crippen molar-refractivity contribution in [1.82, 2.24) is 14.9 Å². The molecular formula is C20H16Cl2F4N4. The summed E-state index contributed by atoms with van der Waals surface area (Å²) < 4.78 is 56.5. The molecule has 4 nitrogen and oxygen atoms in total. The van der Waals surface area contributed by atoms with Gasteiger partial charge in [0.15, 0.2) is 11.6 Å². The normalized spacial score (nSPS) is 21.0. The van der Waals surface area contributed by atoms with Crippen molar-refractivity contribution in [2.24, 2.45) is 4.99 Å². The van der Waals surface area contributed by atoms with E-state index < -0.39 is 40.4 Å². The van der Waals surface area contributed by atoms with E-state index in [1.54, 1.807) is 18.0 Å². The SMILES string of the molecule is C=C(C)c1ncc2c(n1)CN(C1=NCC(c3cc(Cl)c(F)c(Cl)c3)(C(F)(F)F)C1)C2. The molecule has 0 bridgehead atoms. The van der Waals surface area contributed by atoms with E-state index in [1.165, 1.54) is 0 Å². The summed E-state index contributed by atoms with van der Waals surface area (Å²) in [5, 5.41) is -0.906. The zero-order valence-corrected chi connectivity index (χ0v) is 17.3. The fraction of sp³-hybridized carbons (Fsp3) is 0.350. The second kappa shape index (κ2) is 7.20. The van der Waals surface area contributed by atoms with Crippen LogP contribution in [0.25, 0.3) is 5.57 Å². The third-order valence-electron chi connectivity index (χ3n) is 5.47. The van der Waals surface area contributed by atoms with Gasteiger partial charge in [-0.05, 0) is 30.2 Å². The largest absolute Gasteiger partial charge is 0.400 e. The van der Waals surface area contributed by atoms with Gasteiger partial charge in [-0.3, -0.25) is 4.99 Å². The summed E-state index contributed by atoms with van der Waals surface area (Å²) in [6, 6.07) is 1.97. The molecule has 0 amide bonds. The number of hydrogen-bond donors (Lipinski definition) is 0. The van der Waals surface area contributed by atoms with E-state index in [1.807, 2.05) is 0 Å². The average molecular weight is 459 g/mol. The van der Waals surface area contributed by atoms with Gasteiger partial charge in [-0.15, -0.1) is 0 Å². The first-order valence-corrected chi connectivity index (χ1v) is 9.78. The lowest BCUT2D eigenvalue weighted by Crippen LogP contribution is -2.44. The summed E-state index contributed by atoms with van der Waals surface area (Å²) in [5.74, 6) is -0.136. The maximum Gasteiger partial charge on any atom is 0.400 e. The molecule has 10 heteroatoms. The molecule has 3 heterocycles. The fourth-order valence-electron chi connectivity index (χ4n) is 3.74. The molecule has 0 saturated heterocycles. The zero-order valence-electron chi connectivity index (χ0n) is 15.8. The topological polar surface area (TPSA) is 41.4 Å². The van der Waals surface area contributed by atoms with Crippen LogP contribution < -0.4 is 0 Å². The maximum atomic E-state index is 14.2. The molecule has 4 rings (SSSR count). The van der Waals surface area contributed by atoms with Gasteiger partial charge in [0, 0.05) is 24.7 Å². The standard InChI is InChI=1S/C20H16Cl2F4N4/c1-10(2)18-27-6-11-7-30(8-15(11)29-18)16-5-19(9-28-16,20(24,25)26)12-3-13(21)17(23)14(22)4-12/h3-4,6H,1,5,7-9H2,2H3. The van der Waals surface area contributed by atoms with Crippen molar-refractivity contribution in [3.05, 3.63) is 63.4 Å². The van der Waals surface area contributed by atoms with Crippen molar-refractivity contribution >= 4 is 34.6 Å². The Hall–Kier alpha value is -2.19. The Kier molecular flexibility index (Phi) is 5.05. The van der Waals surface area contributed by atoms with Crippen molar-refractivity contribution in [1.29, 1.82) is 0 Å². The van der Waals surface area contributed by atoms with Crippen molar-refractivity contribution in [2.45, 2.75) is 38.0 Å². The molecule has 30 heavy (non-hydrogen) atoms. The number of nitrogens with zero attached hydrogens (tertiary/aromatic N) is 4. The van der Waals surface area contributed by atoms with Crippen LogP contribution in [0.4, 0.5) is 17.6 Å². The van der Waals surface area contributed by atoms with Gasteiger partial charge in [-0.25, -0.2) is 14.4 Å². The smallest absolute Gasteiger partial charge is 0.350 e. The van der Waals surface area contributed by atoms with E-state index in [4.69, 9.17) is 23.2 Å². The van der Waals surface area contributed by atoms with Gasteiger partial charge < -0.3 is 4.90 Å². The number of aromatic nitrogens is 2. The predicted molar refractivity (Wildman–Crippen MR) is 107 cm³/mol. The molecule has 0 spiro atoms. The summed E-state index contributed by atoms with van der Waals surface area (Å²) in [5.41, 5.74) is -0.253. The molecule has 1 atom stereocenters. The number of benzene rings is 1. The highest BCUT2D eigenvalue weighted by Gasteiger charge is 2.59. The first-order valence-electron chi connectivity index (χ1n) is 9.02. The molecule has 2 aliphatic rings. The molecule has 1 unspecified atom stereocenters. The summed E-state index contributed by atoms with van der Waals surface area (Å²) in [4.78, 5) is 14.6. The second-order valence-corrected chi connectivity index (χ2v) is 8.36. The van der Waals surface area contributed by atoms with Gasteiger partial charge >= 0.3 is 6.18 Å². The van der Waals surface area contributed by atoms with Crippen LogP contribution in [-0.4, -0.2) is 33.4 Å². The van der Waals surface area contributed by atoms with Crippen LogP contribution >= 0.6 is 23.2 Å². The fourth-order valence-corrected chi connectivity index (χ4v) is 4.23. The van der Waals surface area contributed by atoms with Crippen LogP contribution in [-0.2, 0) is 18.5 Å². The van der Waals surface area contributed by atoms with Gasteiger partial charge in [-0.1, -0.05) is 29.8 Å². The minimum Gasteiger partial charge on any atom is -0.350 e. The first kappa shape index (κ1) is 21.1. The van der Waals surface area contributed by atoms with E-state index in [2.05, 4.69) is 21.5 Å². The predicted octanol–water partition coefficient (Wildman–Crippen LogP) is 5.57. The molecule has 0 fully saturated rings. The third-order valence-corrected chi connectivity index (χ3v) is 6.02. The van der Waals surface area contributed by atoms with Crippen molar-refractivity contribution in [3.63, 3.8) is 0 Å². The van der Waals surface area contributed by atoms with Gasteiger partial charge in [0.1, 0.15) is 11.3 Å². The molecule has 0 N–H and O–H groups in total. The lowest BCUT2D eigenvalue weighted by Gasteiger charge is -2.32. The minimum atomic E-state index is -4.64. The van der Waals surface area contributed by atoms with Gasteiger partial charge in [0.25, 0.3) is 0 Å². The highest BCUT2D eigenvalue weighted by molar-refractivity contribution is 6.35. The Morgan fingerprint density at radius 1 is 1.20 bits per heavy atom. The van der Waals surface area contributed by atoms with Crippen LogP contribution in [0, 0.1) is 5.82 Å². The summed E-state index contributed by atoms with van der Waals surface area (Å²) in [7, 11) is 0. The summed E-state index contributed by atoms with van der Waals surface area (Å²) in [6.45, 7) is 5.76. The van der Waals surface area contributed by atoms with Crippen LogP contribution in [0.15, 0.2) is 29.9 Å². The van der Waals surface area contributed by atoms with Crippen LogP contribution in [0.3, 0.4) is 0 Å². The van der Waals surface area contributed by atoms with Crippen LogP contribution in [0.5, 0.6) is 0 Å². The maximum absolute atomic E-state index is 14.2. The molecule has 0 saturated carbocycles. The highest BCUT2D eigenvalue weighted by Crippen LogP contribution is 2.49. The van der Waals surface area contributed by atoms with Gasteiger partial charge in [-0.2, -0.15) is 13.2 Å². The van der Waals surface area contributed by atoms with E-state index in [-0.39, 0.29) is 5.56 Å². The highest BCUT2D eigenvalue weighted by atomic mass is 35.5. The third kappa shape index (κ3) is 3.36. The number of alkyl halides is 3. The minimum absolute atomic E-state index is 0.203. The molecular weight excluding hydrogens is 443 g/mol. The number of allylic oxidation sites excluding steroid dienone is 1. The Balaban J connectivity index is 1.64. The molecule has 2 aromatic rings. The first-order chi connectivity index (χ1) is 14.0. The summed E-state index contributed by atoms with van der Waals surface area (Å²) in [6.07, 6.45) is -3.37. The lowest BCUT2D eigenvalue weighted by atomic mass is 9.78. The number of halogens is 6. The van der Waals surface area contributed by atoms with Gasteiger partial charge in [0.2, 0.25) is 0 Å². The van der Waals surface area contributed by atoms with Crippen molar-refractivity contribution in [3.8, 4) is 0 Å². The Morgan fingerprint density at radius 2 is 1.87 bits per heavy atom. The Bertz CT molecular complexity index is 1060. The van der Waals surface area contributed by atoms with Crippen LogP contribution in [0.1, 0.15) is 36.0 Å². The molecule has 1 aromatic heterocycles. The van der Waals surface area contributed by atoms with E-state index in [0.29, 0.717) is 30.3 Å². The van der Waals surface area contributed by atoms with Crippen molar-refractivity contribution in [2.75, 3.05) is 6.54 Å². The quantitative estimate of drug-likeness (QED) is 0.436. The Labute approximate surface area is 180 Å². The van der Waals surface area contributed by atoms with Crippen LogP contribution in [0.2, 0.25) is 10.0 Å². The molecule has 1 aromatic carbocycles. The molecule has 0 aliphatic carbocycles. The van der Waals surface area contributed by atoms with E-state index in [0.717, 1.165) is 23.4 Å². The second-order valence-electron chi connectivity index (χ2n) is 7.54. The molecule has 0 radical (unpaired) electrons.